The van der Waals surface area contributed by atoms with E-state index < -0.39 is 0 Å². The molecule has 2 aromatic carbocycles. The van der Waals surface area contributed by atoms with Gasteiger partial charge in [0.1, 0.15) is 18.4 Å². The van der Waals surface area contributed by atoms with Gasteiger partial charge < -0.3 is 4.74 Å². The van der Waals surface area contributed by atoms with Gasteiger partial charge in [0.2, 0.25) is 0 Å². The van der Waals surface area contributed by atoms with Crippen LogP contribution in [0.15, 0.2) is 61.2 Å². The molecule has 0 atom stereocenters. The van der Waals surface area contributed by atoms with E-state index in [2.05, 4.69) is 20.4 Å². The molecule has 0 aliphatic rings. The van der Waals surface area contributed by atoms with E-state index in [4.69, 9.17) is 4.74 Å². The zero-order chi connectivity index (χ0) is 20.2. The Morgan fingerprint density at radius 3 is 2.69 bits per heavy atom. The van der Waals surface area contributed by atoms with Crippen molar-refractivity contribution in [1.29, 1.82) is 0 Å². The summed E-state index contributed by atoms with van der Waals surface area (Å²) >= 11 is 1.45. The lowest BCUT2D eigenvalue weighted by molar-refractivity contribution is 0.102. The molecule has 0 bridgehead atoms. The highest BCUT2D eigenvalue weighted by Crippen LogP contribution is 2.31. The fourth-order valence-electron chi connectivity index (χ4n) is 3.00. The molecule has 29 heavy (non-hydrogen) atoms. The standard InChI is InChI=1S/C21H19N5O2S/c1-14-19(15-7-9-17(28-2)10-8-15)24-21(29-14)25-20(27)18-6-4-3-5-16(18)11-26-13-22-12-23-26/h3-10,12-13H,11H2,1-2H3,(H,24,25,27). The molecule has 0 radical (unpaired) electrons. The smallest absolute Gasteiger partial charge is 0.257 e. The van der Waals surface area contributed by atoms with Crippen molar-refractivity contribution in [1.82, 2.24) is 19.7 Å². The Hall–Kier alpha value is -3.52. The molecule has 1 amide bonds. The van der Waals surface area contributed by atoms with Gasteiger partial charge in [-0.15, -0.1) is 11.3 Å². The number of benzene rings is 2. The summed E-state index contributed by atoms with van der Waals surface area (Å²) < 4.78 is 6.89. The van der Waals surface area contributed by atoms with Crippen molar-refractivity contribution < 1.29 is 9.53 Å². The maximum absolute atomic E-state index is 12.9. The fourth-order valence-corrected chi connectivity index (χ4v) is 3.83. The largest absolute Gasteiger partial charge is 0.497 e. The third-order valence-corrected chi connectivity index (χ3v) is 5.33. The molecular formula is C21H19N5O2S. The number of nitrogens with zero attached hydrogens (tertiary/aromatic N) is 4. The molecule has 0 aliphatic carbocycles. The van der Waals surface area contributed by atoms with Gasteiger partial charge in [-0.2, -0.15) is 5.10 Å². The van der Waals surface area contributed by atoms with E-state index in [1.54, 1.807) is 24.2 Å². The molecule has 1 N–H and O–H groups in total. The lowest BCUT2D eigenvalue weighted by Gasteiger charge is -2.08. The number of hydrogen-bond donors (Lipinski definition) is 1. The van der Waals surface area contributed by atoms with E-state index in [1.807, 2.05) is 49.4 Å². The maximum atomic E-state index is 12.9. The number of carbonyl (C=O) groups is 1. The predicted octanol–water partition coefficient (Wildman–Crippen LogP) is 4.02. The lowest BCUT2D eigenvalue weighted by atomic mass is 10.1. The third-order valence-electron chi connectivity index (χ3n) is 4.44. The molecule has 0 saturated heterocycles. The zero-order valence-corrected chi connectivity index (χ0v) is 16.8. The van der Waals surface area contributed by atoms with E-state index in [0.717, 1.165) is 27.4 Å². The van der Waals surface area contributed by atoms with Crippen LogP contribution in [0.4, 0.5) is 5.13 Å². The molecule has 7 nitrogen and oxygen atoms in total. The van der Waals surface area contributed by atoms with Crippen LogP contribution >= 0.6 is 11.3 Å². The summed E-state index contributed by atoms with van der Waals surface area (Å²) in [6.45, 7) is 2.46. The molecule has 0 aliphatic heterocycles. The monoisotopic (exact) mass is 405 g/mol. The molecule has 4 aromatic rings. The first kappa shape index (κ1) is 18.8. The summed E-state index contributed by atoms with van der Waals surface area (Å²) in [4.78, 5) is 22.5. The van der Waals surface area contributed by atoms with Crippen LogP contribution in [0.1, 0.15) is 20.8 Å². The molecule has 0 fully saturated rings. The van der Waals surface area contributed by atoms with Crippen molar-refractivity contribution >= 4 is 22.4 Å². The summed E-state index contributed by atoms with van der Waals surface area (Å²) in [5.74, 6) is 0.592. The Kier molecular flexibility index (Phi) is 5.35. The molecule has 2 aromatic heterocycles. The minimum Gasteiger partial charge on any atom is -0.497 e. The average Bonchev–Trinajstić information content (AvgIpc) is 3.38. The number of amides is 1. The maximum Gasteiger partial charge on any atom is 0.257 e. The number of rotatable bonds is 6. The Morgan fingerprint density at radius 2 is 1.97 bits per heavy atom. The second-order valence-electron chi connectivity index (χ2n) is 6.36. The highest BCUT2D eigenvalue weighted by Gasteiger charge is 2.16. The van der Waals surface area contributed by atoms with Crippen molar-refractivity contribution in [2.75, 3.05) is 12.4 Å². The average molecular weight is 405 g/mol. The molecule has 2 heterocycles. The van der Waals surface area contributed by atoms with Gasteiger partial charge in [0.15, 0.2) is 5.13 Å². The normalized spacial score (nSPS) is 10.7. The Morgan fingerprint density at radius 1 is 1.17 bits per heavy atom. The molecule has 0 saturated carbocycles. The minimum absolute atomic E-state index is 0.198. The molecule has 4 rings (SSSR count). The van der Waals surface area contributed by atoms with Gasteiger partial charge >= 0.3 is 0 Å². The first-order valence-electron chi connectivity index (χ1n) is 8.97. The second kappa shape index (κ2) is 8.24. The van der Waals surface area contributed by atoms with Crippen LogP contribution in [0, 0.1) is 6.92 Å². The van der Waals surface area contributed by atoms with Crippen LogP contribution in [0.2, 0.25) is 0 Å². The second-order valence-corrected chi connectivity index (χ2v) is 7.56. The first-order chi connectivity index (χ1) is 14.1. The van der Waals surface area contributed by atoms with E-state index >= 15 is 0 Å². The highest BCUT2D eigenvalue weighted by molar-refractivity contribution is 7.16. The number of aromatic nitrogens is 4. The number of carbonyl (C=O) groups excluding carboxylic acids is 1. The van der Waals surface area contributed by atoms with Crippen LogP contribution in [0.25, 0.3) is 11.3 Å². The zero-order valence-electron chi connectivity index (χ0n) is 16.0. The van der Waals surface area contributed by atoms with Gasteiger partial charge in [0.05, 0.1) is 19.3 Å². The quantitative estimate of drug-likeness (QED) is 0.524. The highest BCUT2D eigenvalue weighted by atomic mass is 32.1. The molecular weight excluding hydrogens is 386 g/mol. The van der Waals surface area contributed by atoms with Crippen LogP contribution in [-0.4, -0.2) is 32.8 Å². The third kappa shape index (κ3) is 4.17. The van der Waals surface area contributed by atoms with Gasteiger partial charge in [-0.1, -0.05) is 18.2 Å². The Bertz CT molecular complexity index is 1120. The number of methoxy groups -OCH3 is 1. The number of thiazole rings is 1. The molecule has 146 valence electrons. The minimum atomic E-state index is -0.198. The number of hydrogen-bond acceptors (Lipinski definition) is 6. The summed E-state index contributed by atoms with van der Waals surface area (Å²) in [6.07, 6.45) is 3.10. The van der Waals surface area contributed by atoms with Gasteiger partial charge in [-0.25, -0.2) is 14.6 Å². The van der Waals surface area contributed by atoms with Crippen LogP contribution in [-0.2, 0) is 6.54 Å². The van der Waals surface area contributed by atoms with Crippen molar-refractivity contribution in [2.45, 2.75) is 13.5 Å². The molecule has 8 heteroatoms. The Labute approximate surface area is 172 Å². The van der Waals surface area contributed by atoms with E-state index in [0.29, 0.717) is 17.2 Å². The fraction of sp³-hybridized carbons (Fsp3) is 0.143. The van der Waals surface area contributed by atoms with Crippen LogP contribution < -0.4 is 10.1 Å². The summed E-state index contributed by atoms with van der Waals surface area (Å²) in [6, 6.07) is 15.2. The van der Waals surface area contributed by atoms with Gasteiger partial charge in [0.25, 0.3) is 5.91 Å². The predicted molar refractivity (Wildman–Crippen MR) is 112 cm³/mol. The van der Waals surface area contributed by atoms with Crippen molar-refractivity contribution in [3.63, 3.8) is 0 Å². The van der Waals surface area contributed by atoms with Crippen molar-refractivity contribution in [2.24, 2.45) is 0 Å². The van der Waals surface area contributed by atoms with E-state index in [9.17, 15) is 4.79 Å². The van der Waals surface area contributed by atoms with Crippen molar-refractivity contribution in [3.8, 4) is 17.0 Å². The van der Waals surface area contributed by atoms with Gasteiger partial charge in [0, 0.05) is 16.0 Å². The number of ether oxygens (including phenoxy) is 1. The Balaban J connectivity index is 1.55. The van der Waals surface area contributed by atoms with Gasteiger partial charge in [-0.05, 0) is 42.8 Å². The first-order valence-corrected chi connectivity index (χ1v) is 9.79. The summed E-state index contributed by atoms with van der Waals surface area (Å²) in [5, 5.41) is 7.61. The molecule has 0 spiro atoms. The molecule has 0 unspecified atom stereocenters. The topological polar surface area (TPSA) is 81.9 Å². The number of anilines is 1. The summed E-state index contributed by atoms with van der Waals surface area (Å²) in [5.41, 5.74) is 3.27. The lowest BCUT2D eigenvalue weighted by Crippen LogP contribution is -2.15. The SMILES string of the molecule is COc1ccc(-c2nc(NC(=O)c3ccccc3Cn3cncn3)sc2C)cc1. The number of aryl methyl sites for hydroxylation is 1. The number of nitrogens with one attached hydrogen (secondary N) is 1. The van der Waals surface area contributed by atoms with E-state index in [-0.39, 0.29) is 5.91 Å². The summed E-state index contributed by atoms with van der Waals surface area (Å²) in [7, 11) is 1.64. The van der Waals surface area contributed by atoms with Crippen molar-refractivity contribution in [3.05, 3.63) is 77.2 Å². The van der Waals surface area contributed by atoms with Crippen LogP contribution in [0.3, 0.4) is 0 Å². The van der Waals surface area contributed by atoms with E-state index in [1.165, 1.54) is 17.7 Å². The van der Waals surface area contributed by atoms with Crippen LogP contribution in [0.5, 0.6) is 5.75 Å². The van der Waals surface area contributed by atoms with Gasteiger partial charge in [-0.3, -0.25) is 10.1 Å².